The van der Waals surface area contributed by atoms with E-state index in [0.717, 1.165) is 31.2 Å². The van der Waals surface area contributed by atoms with Gasteiger partial charge in [0.1, 0.15) is 11.8 Å². The molecule has 39 heavy (non-hydrogen) atoms. The SMILES string of the molecule is [2H][C@](Nc1cc(Cl)c2ncc(C#N)c(Nc3cnc(F)c(F)c3)c2c1)(c1ccc(F)nc1)c1cn(C2CC2)nn1. The van der Waals surface area contributed by atoms with Crippen molar-refractivity contribution in [2.45, 2.75) is 24.9 Å². The van der Waals surface area contributed by atoms with Crippen molar-refractivity contribution in [3.05, 3.63) is 94.7 Å². The Morgan fingerprint density at radius 1 is 1.08 bits per heavy atom. The molecule has 0 spiro atoms. The van der Waals surface area contributed by atoms with Crippen molar-refractivity contribution in [2.75, 3.05) is 10.6 Å². The van der Waals surface area contributed by atoms with Crippen molar-refractivity contribution in [3.8, 4) is 6.07 Å². The van der Waals surface area contributed by atoms with E-state index in [1.165, 1.54) is 24.5 Å². The van der Waals surface area contributed by atoms with Crippen molar-refractivity contribution in [3.63, 3.8) is 0 Å². The Bertz CT molecular complexity index is 1800. The molecule has 0 bridgehead atoms. The first-order valence-corrected chi connectivity index (χ1v) is 12.1. The van der Waals surface area contributed by atoms with Gasteiger partial charge >= 0.3 is 0 Å². The van der Waals surface area contributed by atoms with Crippen molar-refractivity contribution in [1.82, 2.24) is 29.9 Å². The highest BCUT2D eigenvalue weighted by atomic mass is 35.5. The maximum atomic E-state index is 13.8. The number of halogens is 4. The molecule has 0 unspecified atom stereocenters. The molecule has 1 aliphatic rings. The normalized spacial score (nSPS) is 14.9. The quantitative estimate of drug-likeness (QED) is 0.244. The Hall–Kier alpha value is -4.76. The number of aromatic nitrogens is 6. The monoisotopic (exact) mass is 548 g/mol. The third-order valence-corrected chi connectivity index (χ3v) is 6.37. The molecule has 4 heterocycles. The minimum Gasteiger partial charge on any atom is -0.373 e. The van der Waals surface area contributed by atoms with Crippen LogP contribution in [-0.4, -0.2) is 29.9 Å². The third kappa shape index (κ3) is 4.92. The van der Waals surface area contributed by atoms with Gasteiger partial charge in [0.05, 0.1) is 53.3 Å². The zero-order valence-electron chi connectivity index (χ0n) is 20.8. The van der Waals surface area contributed by atoms with Gasteiger partial charge in [-0.3, -0.25) is 4.98 Å². The molecule has 13 heteroatoms. The van der Waals surface area contributed by atoms with Crippen LogP contribution in [0.3, 0.4) is 0 Å². The van der Waals surface area contributed by atoms with E-state index < -0.39 is 23.7 Å². The highest BCUT2D eigenvalue weighted by Gasteiger charge is 2.27. The number of nitrogens with one attached hydrogen (secondary N) is 2. The molecule has 1 aliphatic carbocycles. The molecule has 1 aromatic carbocycles. The minimum atomic E-state index is -1.78. The summed E-state index contributed by atoms with van der Waals surface area (Å²) < 4.78 is 52.0. The molecule has 0 saturated heterocycles. The van der Waals surface area contributed by atoms with E-state index in [1.807, 2.05) is 6.07 Å². The van der Waals surface area contributed by atoms with Crippen molar-refractivity contribution in [2.24, 2.45) is 0 Å². The largest absolute Gasteiger partial charge is 0.373 e. The summed E-state index contributed by atoms with van der Waals surface area (Å²) in [5, 5.41) is 24.6. The number of fused-ring (bicyclic) bond motifs is 1. The summed E-state index contributed by atoms with van der Waals surface area (Å²) in [7, 11) is 0. The molecular weight excluding hydrogens is 531 g/mol. The van der Waals surface area contributed by atoms with Crippen LogP contribution in [0.5, 0.6) is 0 Å². The lowest BCUT2D eigenvalue weighted by Gasteiger charge is -2.19. The number of hydrogen-bond donors (Lipinski definition) is 2. The molecule has 194 valence electrons. The van der Waals surface area contributed by atoms with E-state index >= 15 is 0 Å². The number of nitrogens with zero attached hydrogens (tertiary/aromatic N) is 7. The Labute approximate surface area is 225 Å². The predicted molar refractivity (Wildman–Crippen MR) is 137 cm³/mol. The molecule has 6 rings (SSSR count). The van der Waals surface area contributed by atoms with Crippen LogP contribution in [0.2, 0.25) is 5.02 Å². The maximum Gasteiger partial charge on any atom is 0.249 e. The summed E-state index contributed by atoms with van der Waals surface area (Å²) in [6, 6.07) is 7.04. The van der Waals surface area contributed by atoms with Gasteiger partial charge in [-0.1, -0.05) is 22.9 Å². The van der Waals surface area contributed by atoms with Gasteiger partial charge in [0.2, 0.25) is 11.9 Å². The highest BCUT2D eigenvalue weighted by molar-refractivity contribution is 6.36. The molecule has 0 amide bonds. The summed E-state index contributed by atoms with van der Waals surface area (Å²) in [6.07, 6.45) is 7.17. The maximum absolute atomic E-state index is 13.8. The number of rotatable bonds is 7. The van der Waals surface area contributed by atoms with Crippen LogP contribution >= 0.6 is 11.6 Å². The van der Waals surface area contributed by atoms with Crippen LogP contribution in [0.25, 0.3) is 10.9 Å². The molecule has 0 aliphatic heterocycles. The average Bonchev–Trinajstić information content (AvgIpc) is 3.67. The fourth-order valence-electron chi connectivity index (χ4n) is 4.05. The Morgan fingerprint density at radius 2 is 1.92 bits per heavy atom. The van der Waals surface area contributed by atoms with Crippen molar-refractivity contribution in [1.29, 1.82) is 5.26 Å². The molecule has 4 aromatic heterocycles. The van der Waals surface area contributed by atoms with E-state index in [9.17, 15) is 19.8 Å². The van der Waals surface area contributed by atoms with E-state index in [0.29, 0.717) is 16.6 Å². The number of pyridine rings is 3. The lowest BCUT2D eigenvalue weighted by Crippen LogP contribution is -2.14. The first-order chi connectivity index (χ1) is 19.2. The van der Waals surface area contributed by atoms with Gasteiger partial charge in [0.15, 0.2) is 5.82 Å². The first-order valence-electron chi connectivity index (χ1n) is 12.2. The standard InChI is InChI=1S/C26H17ClF3N9/c27-19-6-15(35-24(13-1-4-22(29)32-9-13)21-12-39(38-37-21)17-2-3-17)5-18-23(14(8-31)10-33-25(18)19)36-16-7-20(28)26(30)34-11-16/h1,4-7,9-12,17,24,35H,2-3H2,(H,33,36)/t24-/m0/s1/i24D. The third-order valence-electron chi connectivity index (χ3n) is 6.08. The lowest BCUT2D eigenvalue weighted by atomic mass is 10.0. The summed E-state index contributed by atoms with van der Waals surface area (Å²) in [5.74, 6) is -3.15. The summed E-state index contributed by atoms with van der Waals surface area (Å²) in [6.45, 7) is 0. The fourth-order valence-corrected chi connectivity index (χ4v) is 4.31. The van der Waals surface area contributed by atoms with Crippen LogP contribution in [0.4, 0.5) is 30.2 Å². The zero-order chi connectivity index (χ0) is 28.0. The smallest absolute Gasteiger partial charge is 0.249 e. The molecule has 9 nitrogen and oxygen atoms in total. The number of hydrogen-bond acceptors (Lipinski definition) is 8. The van der Waals surface area contributed by atoms with Crippen LogP contribution in [0.1, 0.15) is 43.1 Å². The summed E-state index contributed by atoms with van der Waals surface area (Å²) in [5.41, 5.74) is 1.54. The topological polar surface area (TPSA) is 117 Å². The Kier molecular flexibility index (Phi) is 5.90. The molecular formula is C26H17ClF3N9. The Balaban J connectivity index is 1.47. The van der Waals surface area contributed by atoms with Crippen LogP contribution < -0.4 is 10.6 Å². The first kappa shape index (κ1) is 23.4. The van der Waals surface area contributed by atoms with E-state index in [2.05, 4.69) is 35.9 Å². The molecule has 5 aromatic rings. The van der Waals surface area contributed by atoms with Crippen LogP contribution in [0.15, 0.2) is 55.1 Å². The van der Waals surface area contributed by atoms with Gasteiger partial charge in [0, 0.05) is 29.5 Å². The van der Waals surface area contributed by atoms with Gasteiger partial charge < -0.3 is 10.6 Å². The van der Waals surface area contributed by atoms with Crippen LogP contribution in [0, 0.1) is 29.0 Å². The number of anilines is 3. The average molecular weight is 549 g/mol. The summed E-state index contributed by atoms with van der Waals surface area (Å²) in [4.78, 5) is 11.4. The van der Waals surface area contributed by atoms with Gasteiger partial charge in [-0.15, -0.1) is 5.10 Å². The predicted octanol–water partition coefficient (Wildman–Crippen LogP) is 5.84. The van der Waals surface area contributed by atoms with E-state index in [4.69, 9.17) is 11.6 Å². The lowest BCUT2D eigenvalue weighted by molar-refractivity contribution is 0.480. The van der Waals surface area contributed by atoms with E-state index in [-0.39, 0.29) is 39.3 Å². The van der Waals surface area contributed by atoms with Gasteiger partial charge in [-0.25, -0.2) is 19.0 Å². The second kappa shape index (κ2) is 9.85. The number of nitriles is 1. The summed E-state index contributed by atoms with van der Waals surface area (Å²) >= 11 is 6.58. The van der Waals surface area contributed by atoms with Crippen molar-refractivity contribution < 1.29 is 14.5 Å². The molecule has 2 N–H and O–H groups in total. The fraction of sp³-hybridized carbons (Fsp3) is 0.154. The van der Waals surface area contributed by atoms with Crippen molar-refractivity contribution >= 4 is 39.6 Å². The molecule has 0 radical (unpaired) electrons. The highest BCUT2D eigenvalue weighted by Crippen LogP contribution is 2.38. The second-order valence-corrected chi connectivity index (χ2v) is 9.23. The van der Waals surface area contributed by atoms with Gasteiger partial charge in [0.25, 0.3) is 0 Å². The minimum absolute atomic E-state index is 0.0845. The van der Waals surface area contributed by atoms with Crippen LogP contribution in [-0.2, 0) is 0 Å². The van der Waals surface area contributed by atoms with Gasteiger partial charge in [-0.05, 0) is 36.6 Å². The second-order valence-electron chi connectivity index (χ2n) is 8.82. The number of benzene rings is 1. The molecule has 1 fully saturated rings. The zero-order valence-corrected chi connectivity index (χ0v) is 20.6. The van der Waals surface area contributed by atoms with Gasteiger partial charge in [-0.2, -0.15) is 14.0 Å². The Morgan fingerprint density at radius 3 is 2.64 bits per heavy atom. The molecule has 1 atom stereocenters. The van der Waals surface area contributed by atoms with E-state index in [1.54, 1.807) is 16.9 Å². The molecule has 1 saturated carbocycles.